The van der Waals surface area contributed by atoms with Crippen LogP contribution in [0.4, 0.5) is 0 Å². The normalized spacial score (nSPS) is 17.0. The molecule has 172 valence electrons. The highest BCUT2D eigenvalue weighted by Crippen LogP contribution is 2.16. The van der Waals surface area contributed by atoms with Crippen molar-refractivity contribution in [3.63, 3.8) is 0 Å². The molecule has 1 aliphatic heterocycles. The average molecular weight is 540 g/mol. The number of guanidine groups is 1. The van der Waals surface area contributed by atoms with Gasteiger partial charge in [-0.3, -0.25) is 9.80 Å². The molecular formula is C24H38IN5O. The van der Waals surface area contributed by atoms with E-state index in [9.17, 15) is 0 Å². The second kappa shape index (κ2) is 13.8. The highest BCUT2D eigenvalue weighted by Gasteiger charge is 2.22. The van der Waals surface area contributed by atoms with Gasteiger partial charge in [0.15, 0.2) is 5.96 Å². The minimum atomic E-state index is 0. The maximum Gasteiger partial charge on any atom is 0.191 e. The Labute approximate surface area is 204 Å². The molecule has 0 aliphatic carbocycles. The van der Waals surface area contributed by atoms with Gasteiger partial charge in [0.1, 0.15) is 5.76 Å². The van der Waals surface area contributed by atoms with Crippen molar-refractivity contribution in [2.45, 2.75) is 52.4 Å². The first kappa shape index (κ1) is 25.7. The molecule has 1 fully saturated rings. The minimum Gasteiger partial charge on any atom is -0.468 e. The molecule has 0 saturated carbocycles. The van der Waals surface area contributed by atoms with Crippen molar-refractivity contribution in [2.24, 2.45) is 4.99 Å². The Morgan fingerprint density at radius 2 is 1.94 bits per heavy atom. The summed E-state index contributed by atoms with van der Waals surface area (Å²) in [5.74, 6) is 1.89. The predicted octanol–water partition coefficient (Wildman–Crippen LogP) is 4.07. The lowest BCUT2D eigenvalue weighted by Crippen LogP contribution is -2.44. The number of nitrogens with zero attached hydrogens (tertiary/aromatic N) is 3. The molecule has 2 aromatic rings. The van der Waals surface area contributed by atoms with E-state index in [2.05, 4.69) is 65.6 Å². The van der Waals surface area contributed by atoms with Crippen molar-refractivity contribution in [1.82, 2.24) is 20.4 Å². The molecule has 31 heavy (non-hydrogen) atoms. The van der Waals surface area contributed by atoms with Gasteiger partial charge < -0.3 is 15.1 Å². The lowest BCUT2D eigenvalue weighted by Gasteiger charge is -2.24. The summed E-state index contributed by atoms with van der Waals surface area (Å²) in [5.41, 5.74) is 2.57. The van der Waals surface area contributed by atoms with Gasteiger partial charge in [-0.15, -0.1) is 24.0 Å². The fourth-order valence-corrected chi connectivity index (χ4v) is 4.14. The van der Waals surface area contributed by atoms with Gasteiger partial charge in [0.2, 0.25) is 0 Å². The molecule has 6 nitrogen and oxygen atoms in total. The molecule has 1 atom stereocenters. The summed E-state index contributed by atoms with van der Waals surface area (Å²) in [5, 5.41) is 6.96. The quantitative estimate of drug-likeness (QED) is 0.271. The molecule has 1 aromatic heterocycles. The van der Waals surface area contributed by atoms with E-state index in [-0.39, 0.29) is 24.0 Å². The van der Waals surface area contributed by atoms with Crippen LogP contribution in [-0.2, 0) is 19.6 Å². The number of hydrogen-bond donors (Lipinski definition) is 2. The molecule has 1 aliphatic rings. The molecule has 1 saturated heterocycles. The first-order valence-electron chi connectivity index (χ1n) is 11.2. The summed E-state index contributed by atoms with van der Waals surface area (Å²) >= 11 is 0. The fourth-order valence-electron chi connectivity index (χ4n) is 4.14. The monoisotopic (exact) mass is 539 g/mol. The van der Waals surface area contributed by atoms with E-state index in [0.29, 0.717) is 12.6 Å². The SMILES string of the molecule is CCNC(=NCc1ccccc1CN(C)Cc1ccco1)NCC1CCCN1CC.I. The van der Waals surface area contributed by atoms with Crippen LogP contribution in [0.15, 0.2) is 52.1 Å². The first-order valence-corrected chi connectivity index (χ1v) is 11.2. The third-order valence-electron chi connectivity index (χ3n) is 5.73. The molecule has 1 aromatic carbocycles. The Balaban J connectivity index is 0.00000341. The predicted molar refractivity (Wildman–Crippen MR) is 139 cm³/mol. The zero-order valence-corrected chi connectivity index (χ0v) is 21.5. The van der Waals surface area contributed by atoms with Crippen LogP contribution in [0.25, 0.3) is 0 Å². The van der Waals surface area contributed by atoms with Crippen LogP contribution in [0.1, 0.15) is 43.6 Å². The number of aliphatic imine (C=N–C) groups is 1. The summed E-state index contributed by atoms with van der Waals surface area (Å²) in [6.45, 7) is 10.8. The van der Waals surface area contributed by atoms with Gasteiger partial charge in [-0.05, 0) is 63.2 Å². The van der Waals surface area contributed by atoms with Crippen molar-refractivity contribution in [3.05, 3.63) is 59.5 Å². The molecule has 0 spiro atoms. The van der Waals surface area contributed by atoms with Crippen LogP contribution < -0.4 is 10.6 Å². The summed E-state index contributed by atoms with van der Waals surface area (Å²) in [4.78, 5) is 9.70. The van der Waals surface area contributed by atoms with Gasteiger partial charge in [0.05, 0.1) is 19.4 Å². The number of hydrogen-bond acceptors (Lipinski definition) is 4. The molecule has 0 bridgehead atoms. The Bertz CT molecular complexity index is 780. The highest BCUT2D eigenvalue weighted by atomic mass is 127. The maximum atomic E-state index is 5.48. The molecule has 3 rings (SSSR count). The number of benzene rings is 1. The van der Waals surface area contributed by atoms with Gasteiger partial charge in [0.25, 0.3) is 0 Å². The van der Waals surface area contributed by atoms with E-state index in [1.807, 2.05) is 12.1 Å². The van der Waals surface area contributed by atoms with Gasteiger partial charge in [0, 0.05) is 25.7 Å². The Morgan fingerprint density at radius 1 is 1.13 bits per heavy atom. The standard InChI is InChI=1S/C24H37N5O.HI/c1-4-25-24(27-17-22-12-8-14-29(22)5-2)26-16-20-10-6-7-11-21(20)18-28(3)19-23-13-9-15-30-23;/h6-7,9-11,13,15,22H,4-5,8,12,14,16-19H2,1-3H3,(H2,25,26,27);1H. The molecule has 2 heterocycles. The van der Waals surface area contributed by atoms with Crippen molar-refractivity contribution in [3.8, 4) is 0 Å². The van der Waals surface area contributed by atoms with Crippen molar-refractivity contribution < 1.29 is 4.42 Å². The average Bonchev–Trinajstić information content (AvgIpc) is 3.42. The number of nitrogens with one attached hydrogen (secondary N) is 2. The largest absolute Gasteiger partial charge is 0.468 e. The van der Waals surface area contributed by atoms with Crippen LogP contribution in [0.2, 0.25) is 0 Å². The Kier molecular flexibility index (Phi) is 11.4. The number of furan rings is 1. The van der Waals surface area contributed by atoms with Gasteiger partial charge in [-0.2, -0.15) is 0 Å². The second-order valence-corrected chi connectivity index (χ2v) is 8.02. The van der Waals surface area contributed by atoms with Crippen molar-refractivity contribution >= 4 is 29.9 Å². The molecule has 2 N–H and O–H groups in total. The summed E-state index contributed by atoms with van der Waals surface area (Å²) in [7, 11) is 2.12. The Morgan fingerprint density at radius 3 is 2.65 bits per heavy atom. The number of rotatable bonds is 10. The number of halogens is 1. The van der Waals surface area contributed by atoms with E-state index >= 15 is 0 Å². The topological polar surface area (TPSA) is 56.0 Å². The maximum absolute atomic E-state index is 5.48. The molecule has 0 radical (unpaired) electrons. The van der Waals surface area contributed by atoms with Crippen molar-refractivity contribution in [2.75, 3.05) is 33.2 Å². The third kappa shape index (κ3) is 8.12. The van der Waals surface area contributed by atoms with E-state index in [1.165, 1.54) is 30.5 Å². The van der Waals surface area contributed by atoms with E-state index < -0.39 is 0 Å². The minimum absolute atomic E-state index is 0. The smallest absolute Gasteiger partial charge is 0.191 e. The van der Waals surface area contributed by atoms with Gasteiger partial charge in [-0.25, -0.2) is 4.99 Å². The zero-order chi connectivity index (χ0) is 21.2. The number of likely N-dealkylation sites (N-methyl/N-ethyl adjacent to an activating group) is 1. The van der Waals surface area contributed by atoms with Gasteiger partial charge >= 0.3 is 0 Å². The number of likely N-dealkylation sites (tertiary alicyclic amines) is 1. The fraction of sp³-hybridized carbons (Fsp3) is 0.542. The highest BCUT2D eigenvalue weighted by molar-refractivity contribution is 14.0. The second-order valence-electron chi connectivity index (χ2n) is 8.02. The Hall–Kier alpha value is -1.58. The first-order chi connectivity index (χ1) is 14.7. The van der Waals surface area contributed by atoms with Gasteiger partial charge in [-0.1, -0.05) is 31.2 Å². The molecular weight excluding hydrogens is 501 g/mol. The van der Waals surface area contributed by atoms with Crippen LogP contribution in [-0.4, -0.2) is 55.0 Å². The van der Waals surface area contributed by atoms with Crippen LogP contribution >= 0.6 is 24.0 Å². The van der Waals surface area contributed by atoms with Crippen LogP contribution in [0, 0.1) is 0 Å². The molecule has 1 unspecified atom stereocenters. The van der Waals surface area contributed by atoms with Crippen LogP contribution in [0.5, 0.6) is 0 Å². The van der Waals surface area contributed by atoms with E-state index in [0.717, 1.165) is 44.4 Å². The third-order valence-corrected chi connectivity index (χ3v) is 5.73. The lowest BCUT2D eigenvalue weighted by atomic mass is 10.1. The summed E-state index contributed by atoms with van der Waals surface area (Å²) in [6, 6.07) is 13.1. The van der Waals surface area contributed by atoms with E-state index in [4.69, 9.17) is 9.41 Å². The lowest BCUT2D eigenvalue weighted by molar-refractivity contribution is 0.267. The summed E-state index contributed by atoms with van der Waals surface area (Å²) < 4.78 is 5.48. The zero-order valence-electron chi connectivity index (χ0n) is 19.1. The molecule has 0 amide bonds. The van der Waals surface area contributed by atoms with Crippen LogP contribution in [0.3, 0.4) is 0 Å². The van der Waals surface area contributed by atoms with E-state index in [1.54, 1.807) is 6.26 Å². The molecule has 7 heteroatoms. The summed E-state index contributed by atoms with van der Waals surface area (Å²) in [6.07, 6.45) is 4.30. The van der Waals surface area contributed by atoms with Crippen molar-refractivity contribution in [1.29, 1.82) is 0 Å².